The molecule has 1 unspecified atom stereocenters. The molecule has 1 saturated carbocycles. The molecule has 18 heavy (non-hydrogen) atoms. The molecule has 2 heteroatoms. The molecule has 0 spiro atoms. The summed E-state index contributed by atoms with van der Waals surface area (Å²) in [6.45, 7) is 1.85. The Morgan fingerprint density at radius 3 is 2.44 bits per heavy atom. The fraction of sp³-hybridized carbons (Fsp3) is 0.625. The maximum Gasteiger partial charge on any atom is 0.130 e. The van der Waals surface area contributed by atoms with Gasteiger partial charge in [-0.3, -0.25) is 0 Å². The van der Waals surface area contributed by atoms with Gasteiger partial charge in [0.15, 0.2) is 0 Å². The molecule has 1 aliphatic carbocycles. The van der Waals surface area contributed by atoms with Crippen LogP contribution in [0.15, 0.2) is 18.2 Å². The number of hydrogen-bond donors (Lipinski definition) is 1. The van der Waals surface area contributed by atoms with Gasteiger partial charge < -0.3 is 5.32 Å². The average Bonchev–Trinajstić information content (AvgIpc) is 2.64. The molecule has 2 rings (SSSR count). The molecule has 1 aromatic rings. The van der Waals surface area contributed by atoms with Gasteiger partial charge in [0, 0.05) is 11.6 Å². The van der Waals surface area contributed by atoms with Crippen LogP contribution >= 0.6 is 0 Å². The first-order valence-corrected chi connectivity index (χ1v) is 7.16. The van der Waals surface area contributed by atoms with E-state index in [9.17, 15) is 4.39 Å². The topological polar surface area (TPSA) is 12.0 Å². The summed E-state index contributed by atoms with van der Waals surface area (Å²) in [6.07, 6.45) is 7.69. The molecule has 1 fully saturated rings. The Balaban J connectivity index is 2.23. The van der Waals surface area contributed by atoms with Crippen LogP contribution in [0.4, 0.5) is 4.39 Å². The summed E-state index contributed by atoms with van der Waals surface area (Å²) in [6, 6.07) is 5.92. The number of benzene rings is 1. The number of halogens is 1. The Bertz CT molecular complexity index is 381. The van der Waals surface area contributed by atoms with E-state index >= 15 is 0 Å². The summed E-state index contributed by atoms with van der Waals surface area (Å²) in [5.41, 5.74) is 1.60. The van der Waals surface area contributed by atoms with Gasteiger partial charge in [-0.1, -0.05) is 43.9 Å². The van der Waals surface area contributed by atoms with Gasteiger partial charge in [0.2, 0.25) is 0 Å². The molecule has 0 saturated heterocycles. The van der Waals surface area contributed by atoms with Crippen LogP contribution in [-0.4, -0.2) is 7.05 Å². The van der Waals surface area contributed by atoms with Crippen molar-refractivity contribution in [3.05, 3.63) is 35.1 Å². The lowest BCUT2D eigenvalue weighted by Gasteiger charge is -2.27. The first kappa shape index (κ1) is 13.5. The molecular formula is C16H24FN. The Morgan fingerprint density at radius 1 is 1.17 bits per heavy atom. The standard InChI is InChI=1S/C16H24FN/c1-12-8-7-11-14(15(12)17)16(18-2)13-9-5-3-4-6-10-13/h7-8,11,13,16,18H,3-6,9-10H2,1-2H3. The first-order valence-electron chi connectivity index (χ1n) is 7.16. The van der Waals surface area contributed by atoms with Crippen molar-refractivity contribution in [1.29, 1.82) is 0 Å². The molecule has 1 aliphatic rings. The zero-order chi connectivity index (χ0) is 13.0. The molecule has 0 amide bonds. The van der Waals surface area contributed by atoms with E-state index in [1.807, 2.05) is 32.2 Å². The molecule has 0 aromatic heterocycles. The Morgan fingerprint density at radius 2 is 1.83 bits per heavy atom. The molecule has 1 atom stereocenters. The molecule has 1 aromatic carbocycles. The zero-order valence-electron chi connectivity index (χ0n) is 11.5. The van der Waals surface area contributed by atoms with Crippen molar-refractivity contribution in [3.8, 4) is 0 Å². The highest BCUT2D eigenvalue weighted by Crippen LogP contribution is 2.34. The summed E-state index contributed by atoms with van der Waals surface area (Å²) in [7, 11) is 1.96. The lowest BCUT2D eigenvalue weighted by molar-refractivity contribution is 0.333. The van der Waals surface area contributed by atoms with Crippen molar-refractivity contribution in [2.75, 3.05) is 7.05 Å². The fourth-order valence-corrected chi connectivity index (χ4v) is 3.20. The van der Waals surface area contributed by atoms with Gasteiger partial charge in [-0.05, 0) is 38.3 Å². The van der Waals surface area contributed by atoms with Gasteiger partial charge in [-0.15, -0.1) is 0 Å². The van der Waals surface area contributed by atoms with Crippen LogP contribution < -0.4 is 5.32 Å². The summed E-state index contributed by atoms with van der Waals surface area (Å²) in [5, 5.41) is 3.34. The van der Waals surface area contributed by atoms with Crippen LogP contribution in [0.3, 0.4) is 0 Å². The van der Waals surface area contributed by atoms with Crippen molar-refractivity contribution in [2.45, 2.75) is 51.5 Å². The minimum absolute atomic E-state index is 0.0268. The largest absolute Gasteiger partial charge is 0.313 e. The number of aryl methyl sites for hydroxylation is 1. The Hall–Kier alpha value is -0.890. The lowest BCUT2D eigenvalue weighted by atomic mass is 9.86. The summed E-state index contributed by atoms with van der Waals surface area (Å²) >= 11 is 0. The number of hydrogen-bond acceptors (Lipinski definition) is 1. The smallest absolute Gasteiger partial charge is 0.130 e. The van der Waals surface area contributed by atoms with Crippen LogP contribution in [-0.2, 0) is 0 Å². The summed E-state index contributed by atoms with van der Waals surface area (Å²) in [5.74, 6) is 0.551. The van der Waals surface area contributed by atoms with Gasteiger partial charge in [-0.2, -0.15) is 0 Å². The maximum atomic E-state index is 14.3. The SMILES string of the molecule is CNC(c1cccc(C)c1F)C1CCCCCC1. The fourth-order valence-electron chi connectivity index (χ4n) is 3.20. The Kier molecular flexibility index (Phi) is 4.76. The second-order valence-electron chi connectivity index (χ2n) is 5.50. The molecule has 1 nitrogen and oxygen atoms in total. The van der Waals surface area contributed by atoms with Crippen molar-refractivity contribution < 1.29 is 4.39 Å². The van der Waals surface area contributed by atoms with Crippen LogP contribution in [0.1, 0.15) is 55.7 Å². The molecular weight excluding hydrogens is 225 g/mol. The molecule has 1 N–H and O–H groups in total. The van der Waals surface area contributed by atoms with Gasteiger partial charge >= 0.3 is 0 Å². The zero-order valence-corrected chi connectivity index (χ0v) is 11.5. The highest BCUT2D eigenvalue weighted by atomic mass is 19.1. The third-order valence-electron chi connectivity index (χ3n) is 4.24. The van der Waals surface area contributed by atoms with Crippen LogP contribution in [0.5, 0.6) is 0 Å². The van der Waals surface area contributed by atoms with Gasteiger partial charge in [0.1, 0.15) is 5.82 Å². The van der Waals surface area contributed by atoms with E-state index in [2.05, 4.69) is 5.32 Å². The third-order valence-corrected chi connectivity index (χ3v) is 4.24. The first-order chi connectivity index (χ1) is 8.74. The van der Waals surface area contributed by atoms with E-state index in [-0.39, 0.29) is 11.9 Å². The predicted octanol–water partition coefficient (Wildman–Crippen LogP) is 4.37. The minimum atomic E-state index is -0.0268. The van der Waals surface area contributed by atoms with Crippen LogP contribution in [0.2, 0.25) is 0 Å². The van der Waals surface area contributed by atoms with Crippen LogP contribution in [0.25, 0.3) is 0 Å². The Labute approximate surface area is 110 Å². The quantitative estimate of drug-likeness (QED) is 0.785. The van der Waals surface area contributed by atoms with E-state index < -0.39 is 0 Å². The molecule has 0 bridgehead atoms. The van der Waals surface area contributed by atoms with Crippen molar-refractivity contribution in [2.24, 2.45) is 5.92 Å². The van der Waals surface area contributed by atoms with Crippen molar-refractivity contribution in [1.82, 2.24) is 5.32 Å². The molecule has 0 heterocycles. The number of rotatable bonds is 3. The van der Waals surface area contributed by atoms with Crippen LogP contribution in [0, 0.1) is 18.7 Å². The maximum absolute atomic E-state index is 14.3. The predicted molar refractivity (Wildman–Crippen MR) is 74.1 cm³/mol. The number of nitrogens with one attached hydrogen (secondary N) is 1. The van der Waals surface area contributed by atoms with Gasteiger partial charge in [0.25, 0.3) is 0 Å². The second kappa shape index (κ2) is 6.33. The van der Waals surface area contributed by atoms with E-state index in [0.717, 1.165) is 11.1 Å². The van der Waals surface area contributed by atoms with Gasteiger partial charge in [0.05, 0.1) is 0 Å². The minimum Gasteiger partial charge on any atom is -0.313 e. The lowest BCUT2D eigenvalue weighted by Crippen LogP contribution is -2.26. The highest BCUT2D eigenvalue weighted by Gasteiger charge is 2.25. The second-order valence-corrected chi connectivity index (χ2v) is 5.50. The van der Waals surface area contributed by atoms with E-state index in [1.165, 1.54) is 38.5 Å². The highest BCUT2D eigenvalue weighted by molar-refractivity contribution is 5.28. The van der Waals surface area contributed by atoms with E-state index in [1.54, 1.807) is 0 Å². The van der Waals surface area contributed by atoms with Crippen molar-refractivity contribution in [3.63, 3.8) is 0 Å². The van der Waals surface area contributed by atoms with E-state index in [0.29, 0.717) is 5.92 Å². The van der Waals surface area contributed by atoms with E-state index in [4.69, 9.17) is 0 Å². The molecule has 100 valence electrons. The summed E-state index contributed by atoms with van der Waals surface area (Å²) in [4.78, 5) is 0. The average molecular weight is 249 g/mol. The molecule has 0 radical (unpaired) electrons. The van der Waals surface area contributed by atoms with Crippen molar-refractivity contribution >= 4 is 0 Å². The summed E-state index contributed by atoms with van der Waals surface area (Å²) < 4.78 is 14.3. The van der Waals surface area contributed by atoms with Gasteiger partial charge in [-0.25, -0.2) is 4.39 Å². The third kappa shape index (κ3) is 2.92. The monoisotopic (exact) mass is 249 g/mol. The molecule has 0 aliphatic heterocycles. The normalized spacial score (nSPS) is 19.5.